The molecule has 1 amide bonds. The average molecular weight is 386 g/mol. The number of unbranched alkanes of at least 4 members (excludes halogenated alkanes) is 1. The Bertz CT molecular complexity index is 834. The summed E-state index contributed by atoms with van der Waals surface area (Å²) in [5.41, 5.74) is 4.80. The molecule has 0 fully saturated rings. The lowest BCUT2D eigenvalue weighted by atomic mass is 10.1. The van der Waals surface area contributed by atoms with Gasteiger partial charge in [0.05, 0.1) is 13.7 Å². The van der Waals surface area contributed by atoms with Gasteiger partial charge < -0.3 is 15.8 Å². The number of nitrogens with two attached hydrogens (primary N) is 1. The molecule has 2 rings (SSSR count). The summed E-state index contributed by atoms with van der Waals surface area (Å²) in [6, 6.07) is -0.847. The van der Waals surface area contributed by atoms with E-state index in [-0.39, 0.29) is 23.8 Å². The lowest BCUT2D eigenvalue weighted by Gasteiger charge is -2.15. The molecule has 12 heteroatoms. The third kappa shape index (κ3) is 4.35. The maximum absolute atomic E-state index is 12.5. The van der Waals surface area contributed by atoms with Crippen molar-refractivity contribution >= 4 is 29.1 Å². The number of amides is 1. The quantitative estimate of drug-likeness (QED) is 0.315. The molecule has 0 aliphatic heterocycles. The van der Waals surface area contributed by atoms with Gasteiger partial charge in [-0.15, -0.1) is 16.7 Å². The number of nitrogens with one attached hydrogen (secondary N) is 1. The van der Waals surface area contributed by atoms with Gasteiger partial charge in [-0.3, -0.25) is 4.79 Å². The molecular weight excluding hydrogens is 366 g/mol. The lowest BCUT2D eigenvalue weighted by molar-refractivity contribution is -0.143. The van der Waals surface area contributed by atoms with Crippen molar-refractivity contribution in [2.75, 3.05) is 19.5 Å². The number of halogens is 1. The number of imidazole rings is 1. The fourth-order valence-electron chi connectivity index (χ4n) is 2.33. The van der Waals surface area contributed by atoms with Gasteiger partial charge in [0.25, 0.3) is 5.91 Å². The van der Waals surface area contributed by atoms with Gasteiger partial charge in [-0.2, -0.15) is 4.68 Å². The topological polar surface area (TPSA) is 146 Å². The summed E-state index contributed by atoms with van der Waals surface area (Å²) < 4.78 is 6.86. The molecule has 26 heavy (non-hydrogen) atoms. The van der Waals surface area contributed by atoms with E-state index < -0.39 is 23.6 Å². The zero-order valence-electron chi connectivity index (χ0n) is 14.2. The molecule has 3 N–H and O–H groups in total. The maximum Gasteiger partial charge on any atom is 0.353 e. The number of methoxy groups -OCH3 is 1. The Hall–Kier alpha value is -2.53. The monoisotopic (exact) mass is 385 g/mol. The SMILES string of the molecule is COC(=O)[C@H](CCCCN)NC(=O)c1ncn2c(=O)n(CCCl)nnc12. The number of rotatable bonds is 9. The highest BCUT2D eigenvalue weighted by molar-refractivity contribution is 6.17. The van der Waals surface area contributed by atoms with Gasteiger partial charge in [-0.1, -0.05) is 5.21 Å². The second-order valence-corrected chi connectivity index (χ2v) is 5.78. The van der Waals surface area contributed by atoms with E-state index in [4.69, 9.17) is 22.1 Å². The molecule has 2 aromatic heterocycles. The summed E-state index contributed by atoms with van der Waals surface area (Å²) in [7, 11) is 1.24. The largest absolute Gasteiger partial charge is 0.467 e. The Morgan fingerprint density at radius 1 is 1.42 bits per heavy atom. The van der Waals surface area contributed by atoms with E-state index >= 15 is 0 Å². The first kappa shape index (κ1) is 19.8. The fourth-order valence-corrected chi connectivity index (χ4v) is 2.49. The highest BCUT2D eigenvalue weighted by Crippen LogP contribution is 2.07. The summed E-state index contributed by atoms with van der Waals surface area (Å²) in [5.74, 6) is -1.04. The van der Waals surface area contributed by atoms with Crippen LogP contribution in [-0.2, 0) is 16.1 Å². The number of hydrogen-bond acceptors (Lipinski definition) is 8. The Morgan fingerprint density at radius 2 is 2.19 bits per heavy atom. The normalized spacial score (nSPS) is 12.1. The zero-order valence-corrected chi connectivity index (χ0v) is 15.0. The van der Waals surface area contributed by atoms with Crippen molar-refractivity contribution in [3.63, 3.8) is 0 Å². The fraction of sp³-hybridized carbons (Fsp3) is 0.571. The first-order chi connectivity index (χ1) is 12.5. The number of aromatic nitrogens is 5. The van der Waals surface area contributed by atoms with Gasteiger partial charge in [-0.25, -0.2) is 19.0 Å². The molecule has 0 unspecified atom stereocenters. The molecular formula is C14H20ClN7O4. The van der Waals surface area contributed by atoms with Crippen LogP contribution in [0.3, 0.4) is 0 Å². The molecule has 142 valence electrons. The van der Waals surface area contributed by atoms with Crippen molar-refractivity contribution in [3.8, 4) is 0 Å². The third-order valence-corrected chi connectivity index (χ3v) is 3.83. The predicted molar refractivity (Wildman–Crippen MR) is 91.9 cm³/mol. The molecule has 11 nitrogen and oxygen atoms in total. The van der Waals surface area contributed by atoms with Crippen LogP contribution in [0.4, 0.5) is 0 Å². The van der Waals surface area contributed by atoms with E-state index in [1.807, 2.05) is 0 Å². The van der Waals surface area contributed by atoms with E-state index in [1.165, 1.54) is 13.4 Å². The molecule has 0 saturated carbocycles. The van der Waals surface area contributed by atoms with Gasteiger partial charge in [0.2, 0.25) is 0 Å². The number of aryl methyl sites for hydroxylation is 1. The number of carbonyl (C=O) groups is 2. The summed E-state index contributed by atoms with van der Waals surface area (Å²) in [4.78, 5) is 40.5. The van der Waals surface area contributed by atoms with Crippen LogP contribution in [0.15, 0.2) is 11.1 Å². The molecule has 0 saturated heterocycles. The first-order valence-electron chi connectivity index (χ1n) is 7.99. The number of esters is 1. The Balaban J connectivity index is 2.23. The van der Waals surface area contributed by atoms with E-state index in [1.54, 1.807) is 0 Å². The molecule has 0 aliphatic rings. The number of fused-ring (bicyclic) bond motifs is 1. The summed E-state index contributed by atoms with van der Waals surface area (Å²) in [6.07, 6.45) is 2.90. The van der Waals surface area contributed by atoms with Crippen molar-refractivity contribution in [2.24, 2.45) is 5.73 Å². The standard InChI is InChI=1S/C14H20ClN7O4/c1-26-13(24)9(4-2-3-6-16)18-12(23)10-11-19-20-22(7-5-15)14(25)21(11)8-17-10/h8-9H,2-7,16H2,1H3,(H,18,23)/t9-/m0/s1. The van der Waals surface area contributed by atoms with Crippen molar-refractivity contribution in [1.82, 2.24) is 29.7 Å². The van der Waals surface area contributed by atoms with Crippen LogP contribution in [0.5, 0.6) is 0 Å². The zero-order chi connectivity index (χ0) is 19.1. The van der Waals surface area contributed by atoms with Gasteiger partial charge >= 0.3 is 11.7 Å². The lowest BCUT2D eigenvalue weighted by Crippen LogP contribution is -2.42. The Labute approximate surface area is 153 Å². The molecule has 0 aliphatic carbocycles. The number of alkyl halides is 1. The Kier molecular flexibility index (Phi) is 7.04. The highest BCUT2D eigenvalue weighted by Gasteiger charge is 2.25. The molecule has 1 atom stereocenters. The van der Waals surface area contributed by atoms with Crippen molar-refractivity contribution in [3.05, 3.63) is 22.5 Å². The second-order valence-electron chi connectivity index (χ2n) is 5.40. The number of hydrogen-bond donors (Lipinski definition) is 2. The second kappa shape index (κ2) is 9.25. The molecule has 2 heterocycles. The minimum Gasteiger partial charge on any atom is -0.467 e. The summed E-state index contributed by atoms with van der Waals surface area (Å²) >= 11 is 5.60. The summed E-state index contributed by atoms with van der Waals surface area (Å²) in [6.45, 7) is 0.659. The molecule has 0 aromatic carbocycles. The molecule has 0 spiro atoms. The smallest absolute Gasteiger partial charge is 0.353 e. The number of ether oxygens (including phenoxy) is 1. The first-order valence-corrected chi connectivity index (χ1v) is 8.52. The van der Waals surface area contributed by atoms with Crippen LogP contribution in [-0.4, -0.2) is 61.8 Å². The molecule has 2 aromatic rings. The van der Waals surface area contributed by atoms with Gasteiger partial charge in [0.15, 0.2) is 11.3 Å². The van der Waals surface area contributed by atoms with Crippen LogP contribution in [0.2, 0.25) is 0 Å². The highest BCUT2D eigenvalue weighted by atomic mass is 35.5. The van der Waals surface area contributed by atoms with Crippen LogP contribution in [0, 0.1) is 0 Å². The third-order valence-electron chi connectivity index (χ3n) is 3.67. The van der Waals surface area contributed by atoms with Gasteiger partial charge in [0.1, 0.15) is 12.4 Å². The van der Waals surface area contributed by atoms with E-state index in [2.05, 4.69) is 20.6 Å². The van der Waals surface area contributed by atoms with E-state index in [0.717, 1.165) is 9.08 Å². The molecule has 0 bridgehead atoms. The van der Waals surface area contributed by atoms with Crippen LogP contribution in [0.25, 0.3) is 5.65 Å². The maximum atomic E-state index is 12.5. The van der Waals surface area contributed by atoms with Gasteiger partial charge in [-0.05, 0) is 25.8 Å². The van der Waals surface area contributed by atoms with Crippen LogP contribution >= 0.6 is 11.6 Å². The average Bonchev–Trinajstić information content (AvgIpc) is 3.07. The van der Waals surface area contributed by atoms with Crippen LogP contribution in [0.1, 0.15) is 29.8 Å². The van der Waals surface area contributed by atoms with Crippen molar-refractivity contribution in [2.45, 2.75) is 31.8 Å². The predicted octanol–water partition coefficient (Wildman–Crippen LogP) is -1.07. The number of nitrogens with zero attached hydrogens (tertiary/aromatic N) is 5. The van der Waals surface area contributed by atoms with Crippen LogP contribution < -0.4 is 16.7 Å². The number of carbonyl (C=O) groups excluding carboxylic acids is 2. The Morgan fingerprint density at radius 3 is 2.85 bits per heavy atom. The van der Waals surface area contributed by atoms with Crippen molar-refractivity contribution < 1.29 is 14.3 Å². The van der Waals surface area contributed by atoms with Crippen molar-refractivity contribution in [1.29, 1.82) is 0 Å². The summed E-state index contributed by atoms with van der Waals surface area (Å²) in [5, 5.41) is 10.1. The van der Waals surface area contributed by atoms with E-state index in [0.29, 0.717) is 25.8 Å². The van der Waals surface area contributed by atoms with Gasteiger partial charge in [0, 0.05) is 5.88 Å². The molecule has 0 radical (unpaired) electrons. The minimum atomic E-state index is -0.847. The minimum absolute atomic E-state index is 0.0103. The van der Waals surface area contributed by atoms with E-state index in [9.17, 15) is 14.4 Å².